The first-order chi connectivity index (χ1) is 15.0. The van der Waals surface area contributed by atoms with E-state index in [-0.39, 0.29) is 0 Å². The van der Waals surface area contributed by atoms with E-state index in [1.807, 2.05) is 24.3 Å². The maximum Gasteiger partial charge on any atom is 0.155 e. The highest BCUT2D eigenvalue weighted by Gasteiger charge is 2.32. The summed E-state index contributed by atoms with van der Waals surface area (Å²) in [6.07, 6.45) is 7.34. The molecule has 0 saturated carbocycles. The van der Waals surface area contributed by atoms with Gasteiger partial charge in [-0.25, -0.2) is 9.97 Å². The summed E-state index contributed by atoms with van der Waals surface area (Å²) in [7, 11) is 0. The molecule has 4 aromatic rings. The Kier molecular flexibility index (Phi) is 6.83. The molecule has 7 nitrogen and oxygen atoms in total. The molecular weight excluding hydrogens is 505 g/mol. The molecule has 2 N–H and O–H groups in total. The minimum Gasteiger partial charge on any atom is -0.386 e. The van der Waals surface area contributed by atoms with Crippen LogP contribution in [0.15, 0.2) is 53.5 Å². The minimum absolute atomic E-state index is 0.358. The molecule has 5 heterocycles. The van der Waals surface area contributed by atoms with E-state index in [9.17, 15) is 5.11 Å². The zero-order valence-electron chi connectivity index (χ0n) is 16.2. The lowest BCUT2D eigenvalue weighted by atomic mass is 10.0. The predicted molar refractivity (Wildman–Crippen MR) is 126 cm³/mol. The molecule has 1 aliphatic heterocycles. The first-order valence-corrected chi connectivity index (χ1v) is 11.0. The van der Waals surface area contributed by atoms with Crippen LogP contribution >= 0.6 is 39.1 Å². The number of pyridine rings is 4. The number of anilines is 1. The van der Waals surface area contributed by atoms with Gasteiger partial charge in [0.25, 0.3) is 0 Å². The second-order valence-electron chi connectivity index (χ2n) is 7.04. The fraction of sp³-hybridized carbons (Fsp3) is 0.238. The molecule has 5 rings (SSSR count). The van der Waals surface area contributed by atoms with Crippen LogP contribution < -0.4 is 5.32 Å². The van der Waals surface area contributed by atoms with E-state index < -0.39 is 5.60 Å². The highest BCUT2D eigenvalue weighted by atomic mass is 79.9. The van der Waals surface area contributed by atoms with Gasteiger partial charge >= 0.3 is 0 Å². The third-order valence-electron chi connectivity index (χ3n) is 4.84. The monoisotopic (exact) mass is 521 g/mol. The molecule has 4 aromatic heterocycles. The standard InChI is InChI=1S/C13H14ClN3O2.C8H4BrClN2/c14-12-11-9(2-1-4-15-11)10(6-16-12)17-7-13(18)3-5-19-8-13;9-6-4-12-8(10)7-5(6)2-1-3-11-7/h1-2,4,6,17-18H,3,5,7-8H2;1-4H. The maximum absolute atomic E-state index is 10.2. The van der Waals surface area contributed by atoms with Gasteiger partial charge in [-0.15, -0.1) is 0 Å². The molecule has 0 spiro atoms. The summed E-state index contributed by atoms with van der Waals surface area (Å²) >= 11 is 15.2. The van der Waals surface area contributed by atoms with Crippen molar-refractivity contribution in [3.05, 3.63) is 63.8 Å². The van der Waals surface area contributed by atoms with Crippen LogP contribution in [0.1, 0.15) is 6.42 Å². The highest BCUT2D eigenvalue weighted by Crippen LogP contribution is 2.27. The maximum atomic E-state index is 10.2. The Balaban J connectivity index is 0.000000166. The number of nitrogens with one attached hydrogen (secondary N) is 1. The Labute approximate surface area is 196 Å². The summed E-state index contributed by atoms with van der Waals surface area (Å²) < 4.78 is 6.13. The van der Waals surface area contributed by atoms with Gasteiger partial charge in [-0.1, -0.05) is 23.2 Å². The number of rotatable bonds is 3. The third-order valence-corrected chi connectivity index (χ3v) is 6.03. The van der Waals surface area contributed by atoms with Crippen molar-refractivity contribution in [2.75, 3.05) is 25.1 Å². The summed E-state index contributed by atoms with van der Waals surface area (Å²) in [5, 5.41) is 16.1. The van der Waals surface area contributed by atoms with Crippen LogP contribution in [0, 0.1) is 0 Å². The Morgan fingerprint density at radius 3 is 2.29 bits per heavy atom. The lowest BCUT2D eigenvalue weighted by Crippen LogP contribution is -2.37. The van der Waals surface area contributed by atoms with E-state index >= 15 is 0 Å². The first-order valence-electron chi connectivity index (χ1n) is 9.45. The Bertz CT molecular complexity index is 1180. The Hall–Kier alpha value is -2.10. The zero-order valence-corrected chi connectivity index (χ0v) is 19.3. The van der Waals surface area contributed by atoms with Crippen molar-refractivity contribution in [2.45, 2.75) is 12.0 Å². The number of hydrogen-bond acceptors (Lipinski definition) is 7. The van der Waals surface area contributed by atoms with E-state index in [0.29, 0.717) is 42.0 Å². The normalized spacial score (nSPS) is 18.1. The average Bonchev–Trinajstić information content (AvgIpc) is 3.23. The molecule has 1 aliphatic rings. The zero-order chi connectivity index (χ0) is 21.8. The molecule has 0 bridgehead atoms. The molecule has 1 unspecified atom stereocenters. The van der Waals surface area contributed by atoms with E-state index in [1.54, 1.807) is 24.8 Å². The van der Waals surface area contributed by atoms with E-state index in [1.165, 1.54) is 0 Å². The van der Waals surface area contributed by atoms with Crippen molar-refractivity contribution < 1.29 is 9.84 Å². The second-order valence-corrected chi connectivity index (χ2v) is 8.61. The van der Waals surface area contributed by atoms with Gasteiger partial charge in [0.2, 0.25) is 0 Å². The molecule has 10 heteroatoms. The summed E-state index contributed by atoms with van der Waals surface area (Å²) in [6.45, 7) is 1.37. The fourth-order valence-corrected chi connectivity index (χ4v) is 4.00. The van der Waals surface area contributed by atoms with E-state index in [0.717, 1.165) is 26.4 Å². The molecular formula is C21H18BrCl2N5O2. The molecule has 0 amide bonds. The molecule has 1 atom stereocenters. The second kappa shape index (κ2) is 9.58. The van der Waals surface area contributed by atoms with Crippen molar-refractivity contribution in [3.8, 4) is 0 Å². The molecule has 0 aliphatic carbocycles. The van der Waals surface area contributed by atoms with Crippen molar-refractivity contribution in [1.29, 1.82) is 0 Å². The van der Waals surface area contributed by atoms with Gasteiger partial charge in [0.05, 0.1) is 18.5 Å². The first kappa shape index (κ1) is 22.1. The highest BCUT2D eigenvalue weighted by molar-refractivity contribution is 9.10. The topological polar surface area (TPSA) is 93.1 Å². The SMILES string of the molecule is Clc1ncc(Br)c2cccnc12.OC1(CNc2cnc(Cl)c3ncccc23)CCOC1. The summed E-state index contributed by atoms with van der Waals surface area (Å²) in [5.41, 5.74) is 1.39. The van der Waals surface area contributed by atoms with Crippen molar-refractivity contribution in [1.82, 2.24) is 19.9 Å². The van der Waals surface area contributed by atoms with Crippen LogP contribution in [0.25, 0.3) is 21.8 Å². The number of ether oxygens (including phenoxy) is 1. The van der Waals surface area contributed by atoms with Crippen molar-refractivity contribution in [3.63, 3.8) is 0 Å². The lowest BCUT2D eigenvalue weighted by molar-refractivity contribution is 0.0382. The van der Waals surface area contributed by atoms with Crippen LogP contribution in [-0.4, -0.2) is 50.4 Å². The number of aliphatic hydroxyl groups is 1. The van der Waals surface area contributed by atoms with Gasteiger partial charge in [0, 0.05) is 53.4 Å². The quantitative estimate of drug-likeness (QED) is 0.370. The smallest absolute Gasteiger partial charge is 0.155 e. The molecule has 31 heavy (non-hydrogen) atoms. The minimum atomic E-state index is -0.811. The van der Waals surface area contributed by atoms with Crippen LogP contribution in [0.5, 0.6) is 0 Å². The van der Waals surface area contributed by atoms with Crippen LogP contribution in [-0.2, 0) is 4.74 Å². The van der Waals surface area contributed by atoms with E-state index in [2.05, 4.69) is 41.2 Å². The van der Waals surface area contributed by atoms with Gasteiger partial charge in [0.15, 0.2) is 10.3 Å². The number of nitrogens with zero attached hydrogens (tertiary/aromatic N) is 4. The van der Waals surface area contributed by atoms with Gasteiger partial charge in [0.1, 0.15) is 16.6 Å². The van der Waals surface area contributed by atoms with Crippen LogP contribution in [0.2, 0.25) is 10.3 Å². The number of halogens is 3. The van der Waals surface area contributed by atoms with Crippen LogP contribution in [0.4, 0.5) is 5.69 Å². The van der Waals surface area contributed by atoms with Crippen molar-refractivity contribution >= 4 is 66.6 Å². The fourth-order valence-electron chi connectivity index (χ4n) is 3.18. The number of hydrogen-bond donors (Lipinski definition) is 2. The summed E-state index contributed by atoms with van der Waals surface area (Å²) in [4.78, 5) is 16.4. The third kappa shape index (κ3) is 5.05. The average molecular weight is 523 g/mol. The Morgan fingerprint density at radius 1 is 1.00 bits per heavy atom. The van der Waals surface area contributed by atoms with Crippen molar-refractivity contribution in [2.24, 2.45) is 0 Å². The van der Waals surface area contributed by atoms with E-state index in [4.69, 9.17) is 27.9 Å². The largest absolute Gasteiger partial charge is 0.386 e. The summed E-state index contributed by atoms with van der Waals surface area (Å²) in [6, 6.07) is 7.58. The van der Waals surface area contributed by atoms with Crippen LogP contribution in [0.3, 0.4) is 0 Å². The Morgan fingerprint density at radius 2 is 1.65 bits per heavy atom. The molecule has 1 saturated heterocycles. The van der Waals surface area contributed by atoms with Gasteiger partial charge in [-0.2, -0.15) is 0 Å². The molecule has 160 valence electrons. The number of fused-ring (bicyclic) bond motifs is 2. The molecule has 1 fully saturated rings. The number of aromatic nitrogens is 4. The molecule has 0 radical (unpaired) electrons. The predicted octanol–water partition coefficient (Wildman–Crippen LogP) is 4.89. The van der Waals surface area contributed by atoms with Gasteiger partial charge in [-0.05, 0) is 40.2 Å². The molecule has 0 aromatic carbocycles. The summed E-state index contributed by atoms with van der Waals surface area (Å²) in [5.74, 6) is 0. The lowest BCUT2D eigenvalue weighted by Gasteiger charge is -2.21. The van der Waals surface area contributed by atoms with Gasteiger partial charge < -0.3 is 15.2 Å². The van der Waals surface area contributed by atoms with Gasteiger partial charge in [-0.3, -0.25) is 9.97 Å².